The van der Waals surface area contributed by atoms with E-state index in [4.69, 9.17) is 14.6 Å². The third-order valence-electron chi connectivity index (χ3n) is 3.29. The number of ether oxygens (including phenoxy) is 2. The Morgan fingerprint density at radius 2 is 1.86 bits per heavy atom. The van der Waals surface area contributed by atoms with E-state index in [9.17, 15) is 22.8 Å². The van der Waals surface area contributed by atoms with Crippen molar-refractivity contribution in [2.75, 3.05) is 6.61 Å². The van der Waals surface area contributed by atoms with Crippen LogP contribution in [0.25, 0.3) is 0 Å². The van der Waals surface area contributed by atoms with Gasteiger partial charge in [0, 0.05) is 0 Å². The van der Waals surface area contributed by atoms with Crippen molar-refractivity contribution in [3.8, 4) is 0 Å². The monoisotopic (exact) mass is 311 g/mol. The number of carbonyl (C=O) groups excluding carboxylic acids is 1. The smallest absolute Gasteiger partial charge is 0.411 e. The van der Waals surface area contributed by atoms with Gasteiger partial charge >= 0.3 is 18.2 Å². The summed E-state index contributed by atoms with van der Waals surface area (Å²) >= 11 is 0. The van der Waals surface area contributed by atoms with E-state index < -0.39 is 54.6 Å². The molecule has 120 valence electrons. The van der Waals surface area contributed by atoms with Crippen molar-refractivity contribution >= 4 is 12.1 Å². The van der Waals surface area contributed by atoms with Gasteiger partial charge in [0.05, 0.1) is 18.8 Å². The molecule has 0 aromatic rings. The van der Waals surface area contributed by atoms with Crippen LogP contribution in [-0.4, -0.2) is 58.6 Å². The minimum Gasteiger partial charge on any atom is -0.480 e. The van der Waals surface area contributed by atoms with Crippen LogP contribution in [0, 0.1) is 5.92 Å². The summed E-state index contributed by atoms with van der Waals surface area (Å²) in [7, 11) is 0. The van der Waals surface area contributed by atoms with Crippen LogP contribution < -0.4 is 0 Å². The van der Waals surface area contributed by atoms with Gasteiger partial charge < -0.3 is 14.6 Å². The maximum Gasteiger partial charge on any atom is 0.411 e. The number of hydrogen-bond donors (Lipinski definition) is 1. The van der Waals surface area contributed by atoms with Crippen molar-refractivity contribution in [3.63, 3.8) is 0 Å². The normalized spacial score (nSPS) is 32.4. The molecule has 21 heavy (non-hydrogen) atoms. The molecule has 0 spiro atoms. The Kier molecular flexibility index (Phi) is 3.59. The fraction of sp³-hybridized carbons (Fsp3) is 0.833. The fourth-order valence-electron chi connectivity index (χ4n) is 2.43. The Morgan fingerprint density at radius 3 is 2.29 bits per heavy atom. The van der Waals surface area contributed by atoms with E-state index in [1.54, 1.807) is 20.8 Å². The minimum atomic E-state index is -4.55. The van der Waals surface area contributed by atoms with Crippen LogP contribution in [0.2, 0.25) is 0 Å². The van der Waals surface area contributed by atoms with E-state index in [1.165, 1.54) is 0 Å². The minimum absolute atomic E-state index is 0.484. The summed E-state index contributed by atoms with van der Waals surface area (Å²) in [5.41, 5.74) is -0.934. The molecule has 1 unspecified atom stereocenters. The number of hydrogen-bond acceptors (Lipinski definition) is 4. The van der Waals surface area contributed by atoms with Crippen LogP contribution >= 0.6 is 0 Å². The van der Waals surface area contributed by atoms with Gasteiger partial charge in [-0.1, -0.05) is 0 Å². The second kappa shape index (κ2) is 4.75. The Morgan fingerprint density at radius 1 is 1.29 bits per heavy atom. The van der Waals surface area contributed by atoms with Crippen molar-refractivity contribution < 1.29 is 37.3 Å². The highest BCUT2D eigenvalue weighted by Crippen LogP contribution is 2.52. The highest BCUT2D eigenvalue weighted by Gasteiger charge is 2.72. The molecule has 1 aliphatic heterocycles. The predicted molar refractivity (Wildman–Crippen MR) is 62.6 cm³/mol. The number of morpholine rings is 1. The maximum absolute atomic E-state index is 12.8. The number of carbonyl (C=O) groups is 2. The molecule has 2 fully saturated rings. The first kappa shape index (κ1) is 15.9. The van der Waals surface area contributed by atoms with Crippen LogP contribution in [0.5, 0.6) is 0 Å². The lowest BCUT2D eigenvalue weighted by molar-refractivity contribution is -0.157. The van der Waals surface area contributed by atoms with E-state index in [0.29, 0.717) is 4.90 Å². The molecule has 4 atom stereocenters. The topological polar surface area (TPSA) is 76.1 Å². The summed E-state index contributed by atoms with van der Waals surface area (Å²) in [6, 6.07) is -2.82. The number of fused-ring (bicyclic) bond motifs is 1. The lowest BCUT2D eigenvalue weighted by Gasteiger charge is -2.34. The van der Waals surface area contributed by atoms with Gasteiger partial charge in [-0.15, -0.1) is 0 Å². The first-order valence-corrected chi connectivity index (χ1v) is 6.36. The molecule has 0 radical (unpaired) electrons. The van der Waals surface area contributed by atoms with Gasteiger partial charge in [-0.05, 0) is 20.8 Å². The Labute approximate surface area is 118 Å². The van der Waals surface area contributed by atoms with Crippen LogP contribution in [0.3, 0.4) is 0 Å². The molecule has 1 amide bonds. The summed E-state index contributed by atoms with van der Waals surface area (Å²) in [6.07, 6.45) is -6.84. The van der Waals surface area contributed by atoms with E-state index in [0.717, 1.165) is 0 Å². The molecule has 2 rings (SSSR count). The summed E-state index contributed by atoms with van der Waals surface area (Å²) < 4.78 is 48.5. The number of carboxylic acids is 1. The highest BCUT2D eigenvalue weighted by molar-refractivity contribution is 5.81. The molecule has 1 aliphatic carbocycles. The van der Waals surface area contributed by atoms with Gasteiger partial charge in [-0.25, -0.2) is 9.59 Å². The van der Waals surface area contributed by atoms with Gasteiger partial charge in [-0.3, -0.25) is 4.90 Å². The van der Waals surface area contributed by atoms with Crippen molar-refractivity contribution in [1.82, 2.24) is 4.90 Å². The third-order valence-corrected chi connectivity index (χ3v) is 3.29. The summed E-state index contributed by atoms with van der Waals surface area (Å²) in [4.78, 5) is 23.9. The van der Waals surface area contributed by atoms with E-state index in [1.807, 2.05) is 0 Å². The van der Waals surface area contributed by atoms with E-state index in [2.05, 4.69) is 0 Å². The zero-order valence-electron chi connectivity index (χ0n) is 11.7. The van der Waals surface area contributed by atoms with Gasteiger partial charge in [-0.2, -0.15) is 13.2 Å². The molecule has 2 aliphatic rings. The Bertz CT molecular complexity index is 459. The van der Waals surface area contributed by atoms with Gasteiger partial charge in [0.1, 0.15) is 11.5 Å². The summed E-state index contributed by atoms with van der Waals surface area (Å²) in [6.45, 7) is 4.16. The van der Waals surface area contributed by atoms with Gasteiger partial charge in [0.2, 0.25) is 0 Å². The first-order valence-electron chi connectivity index (χ1n) is 6.36. The molecule has 0 bridgehead atoms. The van der Waals surface area contributed by atoms with Crippen molar-refractivity contribution in [2.45, 2.75) is 50.7 Å². The lowest BCUT2D eigenvalue weighted by atomic mass is 10.2. The Balaban J connectivity index is 2.23. The second-order valence-electron chi connectivity index (χ2n) is 6.10. The Hall–Kier alpha value is -1.51. The molecule has 0 aromatic heterocycles. The summed E-state index contributed by atoms with van der Waals surface area (Å²) in [5.74, 6) is -3.29. The van der Waals surface area contributed by atoms with Crippen LogP contribution in [-0.2, 0) is 14.3 Å². The van der Waals surface area contributed by atoms with Crippen molar-refractivity contribution in [2.24, 2.45) is 5.92 Å². The number of halogens is 3. The molecule has 1 N–H and O–H groups in total. The second-order valence-corrected chi connectivity index (χ2v) is 6.10. The van der Waals surface area contributed by atoms with Gasteiger partial charge in [0.15, 0.2) is 6.04 Å². The van der Waals surface area contributed by atoms with Crippen LogP contribution in [0.1, 0.15) is 20.8 Å². The fourth-order valence-corrected chi connectivity index (χ4v) is 2.43. The number of rotatable bonds is 1. The van der Waals surface area contributed by atoms with Crippen LogP contribution in [0.4, 0.5) is 18.0 Å². The van der Waals surface area contributed by atoms with E-state index in [-0.39, 0.29) is 0 Å². The molecule has 1 saturated heterocycles. The molecule has 0 aromatic carbocycles. The highest BCUT2D eigenvalue weighted by atomic mass is 19.4. The number of alkyl halides is 3. The predicted octanol–water partition coefficient (Wildman–Crippen LogP) is 1.64. The quantitative estimate of drug-likeness (QED) is 0.796. The third kappa shape index (κ3) is 3.07. The molecule has 1 heterocycles. The lowest BCUT2D eigenvalue weighted by Crippen LogP contribution is -2.54. The largest absolute Gasteiger partial charge is 0.480 e. The SMILES string of the molecule is CC(C)(C)OC(=O)N1[C@@H]2C(C(F)(F)F)[C@@H]2OC[C@H]1C(=O)O. The number of nitrogens with zero attached hydrogens (tertiary/aromatic N) is 1. The van der Waals surface area contributed by atoms with E-state index >= 15 is 0 Å². The number of aliphatic carboxylic acids is 1. The molecular formula is C12H16F3NO5. The number of amides is 1. The average Bonchev–Trinajstić information content (AvgIpc) is 2.97. The average molecular weight is 311 g/mol. The molecule has 1 saturated carbocycles. The maximum atomic E-state index is 12.8. The summed E-state index contributed by atoms with van der Waals surface area (Å²) in [5, 5.41) is 9.07. The first-order chi connectivity index (χ1) is 9.43. The molecule has 6 nitrogen and oxygen atoms in total. The van der Waals surface area contributed by atoms with Crippen LogP contribution in [0.15, 0.2) is 0 Å². The zero-order chi connectivity index (χ0) is 16.2. The van der Waals surface area contributed by atoms with Crippen molar-refractivity contribution in [3.05, 3.63) is 0 Å². The standard InChI is InChI=1S/C12H16F3NO5/c1-11(2,3)21-10(19)16-5(9(17)18)4-20-8-6(7(8)16)12(13,14)15/h5-8H,4H2,1-3H3,(H,17,18)/t5-,6?,7+,8-/m0/s1. The zero-order valence-corrected chi connectivity index (χ0v) is 11.7. The number of carboxylic acid groups (broad SMARTS) is 1. The van der Waals surface area contributed by atoms with Gasteiger partial charge in [0.25, 0.3) is 0 Å². The molecular weight excluding hydrogens is 295 g/mol. The molecule has 9 heteroatoms. The van der Waals surface area contributed by atoms with Crippen molar-refractivity contribution in [1.29, 1.82) is 0 Å².